The Morgan fingerprint density at radius 2 is 1.85 bits per heavy atom. The Morgan fingerprint density at radius 3 is 2.56 bits per heavy atom. The molecule has 1 heterocycles. The molecule has 3 aromatic rings. The van der Waals surface area contributed by atoms with Gasteiger partial charge in [-0.2, -0.15) is 9.36 Å². The van der Waals surface area contributed by atoms with Crippen LogP contribution in [0.1, 0.15) is 23.6 Å². The molecule has 0 fully saturated rings. The Labute approximate surface area is 156 Å². The number of hydrogen-bond acceptors (Lipinski definition) is 6. The lowest BCUT2D eigenvalue weighted by molar-refractivity contribution is 0.117. The van der Waals surface area contributed by atoms with Gasteiger partial charge in [-0.25, -0.2) is 4.79 Å². The zero-order valence-electron chi connectivity index (χ0n) is 15.5. The number of aryl methyl sites for hydroxylation is 2. The van der Waals surface area contributed by atoms with Gasteiger partial charge in [-0.1, -0.05) is 47.6 Å². The summed E-state index contributed by atoms with van der Waals surface area (Å²) in [5.74, 6) is 0.395. The van der Waals surface area contributed by atoms with Gasteiger partial charge in [0.25, 0.3) is 0 Å². The molecule has 0 bridgehead atoms. The minimum Gasteiger partial charge on any atom is -0.474 e. The first kappa shape index (κ1) is 18.4. The lowest BCUT2D eigenvalue weighted by Crippen LogP contribution is -2.23. The second-order valence-electron chi connectivity index (χ2n) is 6.03. The Hall–Kier alpha value is -3.42. The molecule has 8 nitrogen and oxygen atoms in total. The molecule has 0 aliphatic heterocycles. The first-order valence-electron chi connectivity index (χ1n) is 8.47. The summed E-state index contributed by atoms with van der Waals surface area (Å²) < 4.78 is 8.14. The zero-order chi connectivity index (χ0) is 19.2. The summed E-state index contributed by atoms with van der Waals surface area (Å²) in [6.07, 6.45) is 0. The van der Waals surface area contributed by atoms with Crippen molar-refractivity contribution in [3.63, 3.8) is 0 Å². The summed E-state index contributed by atoms with van der Waals surface area (Å²) in [7, 11) is 1.55. The number of tetrazole rings is 1. The maximum absolute atomic E-state index is 12.2. The van der Waals surface area contributed by atoms with Crippen LogP contribution in [0, 0.1) is 6.92 Å². The van der Waals surface area contributed by atoms with Gasteiger partial charge in [0.15, 0.2) is 0 Å². The highest BCUT2D eigenvalue weighted by Gasteiger charge is 2.13. The normalized spacial score (nSPS) is 11.4. The smallest absolute Gasteiger partial charge is 0.368 e. The van der Waals surface area contributed by atoms with Crippen LogP contribution in [0.5, 0.6) is 0 Å². The van der Waals surface area contributed by atoms with Crippen LogP contribution >= 0.6 is 0 Å². The molecule has 0 unspecified atom stereocenters. The predicted molar refractivity (Wildman–Crippen MR) is 100 cm³/mol. The van der Waals surface area contributed by atoms with Crippen molar-refractivity contribution in [2.45, 2.75) is 27.1 Å². The highest BCUT2D eigenvalue weighted by atomic mass is 16.6. The molecule has 8 heteroatoms. The first-order valence-corrected chi connectivity index (χ1v) is 8.47. The van der Waals surface area contributed by atoms with Crippen molar-refractivity contribution in [2.75, 3.05) is 0 Å². The van der Waals surface area contributed by atoms with Gasteiger partial charge >= 0.3 is 5.69 Å². The highest BCUT2D eigenvalue weighted by Crippen LogP contribution is 2.18. The maximum atomic E-state index is 12.2. The molecule has 3 rings (SSSR count). The molecular formula is C19H21N5O3. The Morgan fingerprint density at radius 1 is 1.07 bits per heavy atom. The highest BCUT2D eigenvalue weighted by molar-refractivity contribution is 5.72. The SMILES string of the molecule is C/C(=N/OCc1ccccc1)OCc1c(C)cccc1-n1nnn(C)c1=O. The van der Waals surface area contributed by atoms with Crippen molar-refractivity contribution in [1.82, 2.24) is 19.8 Å². The molecule has 0 saturated heterocycles. The second-order valence-corrected chi connectivity index (χ2v) is 6.03. The van der Waals surface area contributed by atoms with Crippen LogP contribution in [0.15, 0.2) is 58.5 Å². The van der Waals surface area contributed by atoms with Gasteiger partial charge in [0.1, 0.15) is 13.2 Å². The van der Waals surface area contributed by atoms with Crippen molar-refractivity contribution in [2.24, 2.45) is 12.2 Å². The monoisotopic (exact) mass is 367 g/mol. The van der Waals surface area contributed by atoms with Crippen molar-refractivity contribution < 1.29 is 9.57 Å². The number of hydrogen-bond donors (Lipinski definition) is 0. The van der Waals surface area contributed by atoms with Crippen LogP contribution in [-0.4, -0.2) is 25.7 Å². The van der Waals surface area contributed by atoms with E-state index >= 15 is 0 Å². The van der Waals surface area contributed by atoms with Gasteiger partial charge in [-0.15, -0.1) is 0 Å². The minimum absolute atomic E-state index is 0.231. The van der Waals surface area contributed by atoms with E-state index in [-0.39, 0.29) is 12.3 Å². The molecule has 1 aromatic heterocycles. The summed E-state index contributed by atoms with van der Waals surface area (Å²) in [5, 5.41) is 11.6. The predicted octanol–water partition coefficient (Wildman–Crippen LogP) is 2.34. The molecule has 0 spiro atoms. The zero-order valence-corrected chi connectivity index (χ0v) is 15.5. The largest absolute Gasteiger partial charge is 0.474 e. The van der Waals surface area contributed by atoms with E-state index in [1.165, 1.54) is 9.36 Å². The van der Waals surface area contributed by atoms with E-state index in [1.54, 1.807) is 20.0 Å². The first-order chi connectivity index (χ1) is 13.1. The lowest BCUT2D eigenvalue weighted by Gasteiger charge is -2.12. The fourth-order valence-corrected chi connectivity index (χ4v) is 2.51. The van der Waals surface area contributed by atoms with Crippen molar-refractivity contribution in [3.8, 4) is 5.69 Å². The molecule has 0 aliphatic carbocycles. The molecule has 0 atom stereocenters. The van der Waals surface area contributed by atoms with E-state index in [2.05, 4.69) is 15.6 Å². The summed E-state index contributed by atoms with van der Waals surface area (Å²) in [6, 6.07) is 15.4. The topological polar surface area (TPSA) is 83.5 Å². The number of aromatic nitrogens is 4. The van der Waals surface area contributed by atoms with Crippen molar-refractivity contribution >= 4 is 5.90 Å². The number of rotatable bonds is 6. The molecule has 0 saturated carbocycles. The Balaban J connectivity index is 1.69. The van der Waals surface area contributed by atoms with Crippen molar-refractivity contribution in [1.29, 1.82) is 0 Å². The Kier molecular flexibility index (Phi) is 5.65. The minimum atomic E-state index is -0.321. The summed E-state index contributed by atoms with van der Waals surface area (Å²) >= 11 is 0. The quantitative estimate of drug-likeness (QED) is 0.379. The second kappa shape index (κ2) is 8.31. The van der Waals surface area contributed by atoms with Gasteiger partial charge in [-0.05, 0) is 34.5 Å². The summed E-state index contributed by atoms with van der Waals surface area (Å²) in [4.78, 5) is 17.5. The maximum Gasteiger partial charge on any atom is 0.368 e. The third-order valence-corrected chi connectivity index (χ3v) is 4.03. The number of benzene rings is 2. The van der Waals surface area contributed by atoms with Crippen LogP contribution < -0.4 is 5.69 Å². The molecule has 2 aromatic carbocycles. The van der Waals surface area contributed by atoms with Crippen LogP contribution in [0.3, 0.4) is 0 Å². The number of oxime groups is 1. The van der Waals surface area contributed by atoms with Crippen LogP contribution in [0.4, 0.5) is 0 Å². The number of nitrogens with zero attached hydrogens (tertiary/aromatic N) is 5. The van der Waals surface area contributed by atoms with Gasteiger partial charge in [0.05, 0.1) is 5.69 Å². The standard InChI is InChI=1S/C19H21N5O3/c1-14-8-7-11-18(24-19(25)23(3)21-22-24)17(14)13-26-15(2)20-27-12-16-9-5-4-6-10-16/h4-11H,12-13H2,1-3H3/b20-15-. The molecule has 0 radical (unpaired) electrons. The average Bonchev–Trinajstić information content (AvgIpc) is 3.00. The van der Waals surface area contributed by atoms with Gasteiger partial charge in [0, 0.05) is 19.5 Å². The molecule has 140 valence electrons. The van der Waals surface area contributed by atoms with Gasteiger partial charge in [-0.3, -0.25) is 0 Å². The Bertz CT molecular complexity index is 992. The van der Waals surface area contributed by atoms with Crippen molar-refractivity contribution in [3.05, 3.63) is 75.7 Å². The third kappa shape index (κ3) is 4.41. The van der Waals surface area contributed by atoms with Crippen LogP contribution in [0.2, 0.25) is 0 Å². The number of ether oxygens (including phenoxy) is 1. The third-order valence-electron chi connectivity index (χ3n) is 4.03. The molecule has 0 N–H and O–H groups in total. The van der Waals surface area contributed by atoms with E-state index in [0.29, 0.717) is 18.2 Å². The van der Waals surface area contributed by atoms with E-state index in [1.807, 2.05) is 49.4 Å². The lowest BCUT2D eigenvalue weighted by atomic mass is 10.1. The molecule has 0 amide bonds. The van der Waals surface area contributed by atoms with E-state index in [9.17, 15) is 4.79 Å². The fraction of sp³-hybridized carbons (Fsp3) is 0.263. The van der Waals surface area contributed by atoms with Crippen LogP contribution in [-0.2, 0) is 29.8 Å². The molecule has 27 heavy (non-hydrogen) atoms. The summed E-state index contributed by atoms with van der Waals surface area (Å²) in [6.45, 7) is 4.26. The van der Waals surface area contributed by atoms with E-state index in [4.69, 9.17) is 9.57 Å². The summed E-state index contributed by atoms with van der Waals surface area (Å²) in [5.41, 5.74) is 3.14. The van der Waals surface area contributed by atoms with E-state index < -0.39 is 0 Å². The molecule has 0 aliphatic rings. The molecular weight excluding hydrogens is 346 g/mol. The fourth-order valence-electron chi connectivity index (χ4n) is 2.51. The van der Waals surface area contributed by atoms with Gasteiger partial charge < -0.3 is 9.57 Å². The average molecular weight is 367 g/mol. The van der Waals surface area contributed by atoms with E-state index in [0.717, 1.165) is 16.7 Å². The van der Waals surface area contributed by atoms with Gasteiger partial charge in [0.2, 0.25) is 5.90 Å². The van der Waals surface area contributed by atoms with Crippen LogP contribution in [0.25, 0.3) is 5.69 Å².